The van der Waals surface area contributed by atoms with Crippen LogP contribution in [-0.4, -0.2) is 44.8 Å². The third-order valence-electron chi connectivity index (χ3n) is 6.56. The van der Waals surface area contributed by atoms with E-state index in [1.165, 1.54) is 18.3 Å². The molecule has 1 saturated carbocycles. The fourth-order valence-electron chi connectivity index (χ4n) is 5.09. The molecule has 160 valence electrons. The van der Waals surface area contributed by atoms with Gasteiger partial charge in [-0.15, -0.1) is 0 Å². The maximum atomic E-state index is 12.9. The number of aromatic nitrogens is 3. The zero-order valence-electron chi connectivity index (χ0n) is 17.6. The number of benzene rings is 2. The second-order valence-corrected chi connectivity index (χ2v) is 8.79. The van der Waals surface area contributed by atoms with Gasteiger partial charge in [0, 0.05) is 31.5 Å². The SMILES string of the molecule is O=C(OC1[C@H]2CCC[C@H]1CN(Cc1ccccc1)C2)c1ccc(Cn2cncn2)cc1. The lowest BCUT2D eigenvalue weighted by molar-refractivity contribution is -0.0683. The van der Waals surface area contributed by atoms with E-state index < -0.39 is 0 Å². The van der Waals surface area contributed by atoms with Gasteiger partial charge in [0.05, 0.1) is 12.1 Å². The molecular weight excluding hydrogens is 388 g/mol. The second-order valence-electron chi connectivity index (χ2n) is 8.79. The summed E-state index contributed by atoms with van der Waals surface area (Å²) in [5.74, 6) is 0.643. The molecule has 2 fully saturated rings. The summed E-state index contributed by atoms with van der Waals surface area (Å²) >= 11 is 0. The number of nitrogens with zero attached hydrogens (tertiary/aromatic N) is 4. The predicted octanol–water partition coefficient (Wildman–Crippen LogP) is 3.78. The Morgan fingerprint density at radius 1 is 0.935 bits per heavy atom. The van der Waals surface area contributed by atoms with Crippen LogP contribution in [0.2, 0.25) is 0 Å². The van der Waals surface area contributed by atoms with Gasteiger partial charge in [0.25, 0.3) is 0 Å². The summed E-state index contributed by atoms with van der Waals surface area (Å²) in [6.45, 7) is 3.61. The number of carbonyl (C=O) groups is 1. The van der Waals surface area contributed by atoms with Crippen molar-refractivity contribution < 1.29 is 9.53 Å². The average Bonchev–Trinajstić information content (AvgIpc) is 3.28. The first kappa shape index (κ1) is 19.9. The Hall–Kier alpha value is -2.99. The Kier molecular flexibility index (Phi) is 5.80. The molecule has 31 heavy (non-hydrogen) atoms. The Morgan fingerprint density at radius 3 is 2.32 bits per heavy atom. The van der Waals surface area contributed by atoms with E-state index in [2.05, 4.69) is 45.3 Å². The fourth-order valence-corrected chi connectivity index (χ4v) is 5.09. The van der Waals surface area contributed by atoms with Gasteiger partial charge in [-0.05, 0) is 36.1 Å². The Balaban J connectivity index is 1.21. The van der Waals surface area contributed by atoms with Gasteiger partial charge in [-0.25, -0.2) is 14.5 Å². The largest absolute Gasteiger partial charge is 0.458 e. The lowest BCUT2D eigenvalue weighted by Gasteiger charge is -2.46. The quantitative estimate of drug-likeness (QED) is 0.572. The molecule has 1 aliphatic heterocycles. The van der Waals surface area contributed by atoms with Gasteiger partial charge in [0.1, 0.15) is 18.8 Å². The lowest BCUT2D eigenvalue weighted by Crippen LogP contribution is -2.52. The topological polar surface area (TPSA) is 60.2 Å². The van der Waals surface area contributed by atoms with Crippen LogP contribution in [0, 0.1) is 11.8 Å². The van der Waals surface area contributed by atoms with E-state index in [1.807, 2.05) is 24.3 Å². The van der Waals surface area contributed by atoms with Crippen molar-refractivity contribution in [1.29, 1.82) is 0 Å². The van der Waals surface area contributed by atoms with Gasteiger partial charge >= 0.3 is 5.97 Å². The van der Waals surface area contributed by atoms with E-state index in [1.54, 1.807) is 11.0 Å². The van der Waals surface area contributed by atoms with Crippen LogP contribution in [0.5, 0.6) is 0 Å². The molecule has 0 N–H and O–H groups in total. The Morgan fingerprint density at radius 2 is 1.65 bits per heavy atom. The highest BCUT2D eigenvalue weighted by Gasteiger charge is 2.41. The number of carbonyl (C=O) groups excluding carboxylic acids is 1. The van der Waals surface area contributed by atoms with Gasteiger partial charge in [-0.2, -0.15) is 5.10 Å². The normalized spacial score (nSPS) is 23.4. The first-order valence-corrected chi connectivity index (χ1v) is 11.1. The van der Waals surface area contributed by atoms with Gasteiger partial charge in [-0.1, -0.05) is 48.9 Å². The minimum atomic E-state index is -0.203. The van der Waals surface area contributed by atoms with E-state index in [0.29, 0.717) is 23.9 Å². The number of hydrogen-bond acceptors (Lipinski definition) is 5. The molecule has 1 aliphatic carbocycles. The smallest absolute Gasteiger partial charge is 0.338 e. The first-order chi connectivity index (χ1) is 15.2. The van der Waals surface area contributed by atoms with Crippen LogP contribution in [0.25, 0.3) is 0 Å². The van der Waals surface area contributed by atoms with Crippen LogP contribution in [0.3, 0.4) is 0 Å². The van der Waals surface area contributed by atoms with Crippen LogP contribution < -0.4 is 0 Å². The Bertz CT molecular complexity index is 974. The number of piperidine rings is 1. The third kappa shape index (κ3) is 4.69. The van der Waals surface area contributed by atoms with Crippen molar-refractivity contribution in [1.82, 2.24) is 19.7 Å². The fraction of sp³-hybridized carbons (Fsp3) is 0.400. The Labute approximate surface area is 182 Å². The molecule has 1 aromatic heterocycles. The number of likely N-dealkylation sites (tertiary alicyclic amines) is 1. The zero-order chi connectivity index (χ0) is 21.0. The molecule has 2 aromatic carbocycles. The molecule has 2 heterocycles. The highest BCUT2D eigenvalue weighted by atomic mass is 16.5. The first-order valence-electron chi connectivity index (χ1n) is 11.1. The van der Waals surface area contributed by atoms with Gasteiger partial charge in [0.2, 0.25) is 0 Å². The average molecular weight is 417 g/mol. The van der Waals surface area contributed by atoms with Crippen LogP contribution in [0.1, 0.15) is 40.7 Å². The van der Waals surface area contributed by atoms with E-state index in [-0.39, 0.29) is 12.1 Å². The standard InChI is InChI=1S/C25H28N4O2/c30-25(21-11-9-20(10-12-21)14-29-18-26-17-27-29)31-24-22-7-4-8-23(24)16-28(15-22)13-19-5-2-1-3-6-19/h1-3,5-6,9-12,17-18,22-24H,4,7-8,13-16H2/t22-,23-/m0/s1. The van der Waals surface area contributed by atoms with Crippen LogP contribution in [0.15, 0.2) is 67.3 Å². The summed E-state index contributed by atoms with van der Waals surface area (Å²) in [4.78, 5) is 19.4. The number of fused-ring (bicyclic) bond motifs is 2. The van der Waals surface area contributed by atoms with Gasteiger partial charge in [-0.3, -0.25) is 4.90 Å². The highest BCUT2D eigenvalue weighted by Crippen LogP contribution is 2.37. The lowest BCUT2D eigenvalue weighted by atomic mass is 9.75. The van der Waals surface area contributed by atoms with Crippen molar-refractivity contribution in [2.24, 2.45) is 11.8 Å². The number of esters is 1. The number of rotatable bonds is 6. The summed E-state index contributed by atoms with van der Waals surface area (Å²) in [5, 5.41) is 4.12. The van der Waals surface area contributed by atoms with E-state index >= 15 is 0 Å². The van der Waals surface area contributed by atoms with Crippen LogP contribution >= 0.6 is 0 Å². The van der Waals surface area contributed by atoms with Crippen molar-refractivity contribution in [3.8, 4) is 0 Å². The molecule has 2 bridgehead atoms. The molecule has 0 amide bonds. The molecule has 0 spiro atoms. The minimum absolute atomic E-state index is 0.0306. The predicted molar refractivity (Wildman–Crippen MR) is 117 cm³/mol. The molecule has 2 aliphatic rings. The zero-order valence-corrected chi connectivity index (χ0v) is 17.6. The molecule has 6 nitrogen and oxygen atoms in total. The maximum Gasteiger partial charge on any atom is 0.338 e. The van der Waals surface area contributed by atoms with Crippen LogP contribution in [0.4, 0.5) is 0 Å². The molecule has 1 saturated heterocycles. The number of ether oxygens (including phenoxy) is 1. The van der Waals surface area contributed by atoms with Crippen molar-refractivity contribution >= 4 is 5.97 Å². The van der Waals surface area contributed by atoms with E-state index in [9.17, 15) is 4.79 Å². The van der Waals surface area contributed by atoms with Crippen molar-refractivity contribution in [3.05, 3.63) is 83.9 Å². The van der Waals surface area contributed by atoms with Crippen LogP contribution in [-0.2, 0) is 17.8 Å². The van der Waals surface area contributed by atoms with E-state index in [4.69, 9.17) is 4.74 Å². The van der Waals surface area contributed by atoms with Gasteiger partial charge < -0.3 is 4.74 Å². The van der Waals surface area contributed by atoms with Crippen molar-refractivity contribution in [3.63, 3.8) is 0 Å². The molecule has 3 aromatic rings. The molecule has 0 radical (unpaired) electrons. The number of hydrogen-bond donors (Lipinski definition) is 0. The minimum Gasteiger partial charge on any atom is -0.458 e. The third-order valence-corrected chi connectivity index (χ3v) is 6.56. The molecule has 2 atom stereocenters. The summed E-state index contributed by atoms with van der Waals surface area (Å²) in [6, 6.07) is 18.3. The molecule has 0 unspecified atom stereocenters. The monoisotopic (exact) mass is 416 g/mol. The van der Waals surface area contributed by atoms with Crippen molar-refractivity contribution in [2.45, 2.75) is 38.5 Å². The second kappa shape index (κ2) is 9.02. The molecule has 6 heteroatoms. The van der Waals surface area contributed by atoms with Gasteiger partial charge in [0.15, 0.2) is 0 Å². The summed E-state index contributed by atoms with van der Waals surface area (Å²) in [6.07, 6.45) is 6.74. The summed E-state index contributed by atoms with van der Waals surface area (Å²) in [5.41, 5.74) is 3.04. The van der Waals surface area contributed by atoms with Crippen molar-refractivity contribution in [2.75, 3.05) is 13.1 Å². The van der Waals surface area contributed by atoms with E-state index in [0.717, 1.165) is 38.0 Å². The molecule has 5 rings (SSSR count). The molecular formula is C25H28N4O2. The summed E-state index contributed by atoms with van der Waals surface area (Å²) in [7, 11) is 0. The highest BCUT2D eigenvalue weighted by molar-refractivity contribution is 5.89. The summed E-state index contributed by atoms with van der Waals surface area (Å²) < 4.78 is 7.86. The maximum absolute atomic E-state index is 12.9.